The SMILES string of the molecule is Cc1ccsc1CN(Cc1ccc(F)cc1)C(=O)CN(CCN1CCOCC1)C(=O)c1cc(Cl)cc(Cl)c1. The normalized spacial score (nSPS) is 13.9. The van der Waals surface area contributed by atoms with Gasteiger partial charge in [0, 0.05) is 53.2 Å². The van der Waals surface area contributed by atoms with Crippen LogP contribution in [0.1, 0.15) is 26.4 Å². The van der Waals surface area contributed by atoms with E-state index in [1.165, 1.54) is 12.1 Å². The zero-order chi connectivity index (χ0) is 27.1. The number of hydrogen-bond acceptors (Lipinski definition) is 5. The average Bonchev–Trinajstić information content (AvgIpc) is 3.31. The number of ether oxygens (including phenoxy) is 1. The number of hydrogen-bond donors (Lipinski definition) is 0. The van der Waals surface area contributed by atoms with E-state index in [1.54, 1.807) is 51.5 Å². The molecule has 2 heterocycles. The number of carbonyl (C=O) groups excluding carboxylic acids is 2. The van der Waals surface area contributed by atoms with Gasteiger partial charge in [-0.2, -0.15) is 0 Å². The first-order valence-electron chi connectivity index (χ1n) is 12.4. The second kappa shape index (κ2) is 13.5. The lowest BCUT2D eigenvalue weighted by molar-refractivity contribution is -0.133. The zero-order valence-electron chi connectivity index (χ0n) is 21.2. The molecule has 2 aromatic carbocycles. The third-order valence-electron chi connectivity index (χ3n) is 6.45. The molecule has 202 valence electrons. The first-order chi connectivity index (χ1) is 18.3. The molecule has 0 atom stereocenters. The van der Waals surface area contributed by atoms with Crippen molar-refractivity contribution in [2.75, 3.05) is 45.9 Å². The molecule has 0 unspecified atom stereocenters. The lowest BCUT2D eigenvalue weighted by Crippen LogP contribution is -2.47. The van der Waals surface area contributed by atoms with Crippen LogP contribution < -0.4 is 0 Å². The summed E-state index contributed by atoms with van der Waals surface area (Å²) in [6, 6.07) is 12.8. The van der Waals surface area contributed by atoms with Gasteiger partial charge >= 0.3 is 0 Å². The predicted molar refractivity (Wildman–Crippen MR) is 149 cm³/mol. The largest absolute Gasteiger partial charge is 0.379 e. The first kappa shape index (κ1) is 28.5. The summed E-state index contributed by atoms with van der Waals surface area (Å²) in [6.07, 6.45) is 0. The molecular formula is C28H30Cl2FN3O3S. The van der Waals surface area contributed by atoms with Crippen LogP contribution in [-0.2, 0) is 22.6 Å². The maximum atomic E-state index is 13.8. The summed E-state index contributed by atoms with van der Waals surface area (Å²) in [5.41, 5.74) is 2.24. The highest BCUT2D eigenvalue weighted by atomic mass is 35.5. The number of nitrogens with zero attached hydrogens (tertiary/aromatic N) is 3. The van der Waals surface area contributed by atoms with Gasteiger partial charge in [-0.1, -0.05) is 35.3 Å². The molecule has 0 radical (unpaired) electrons. The second-order valence-electron chi connectivity index (χ2n) is 9.24. The molecule has 4 rings (SSSR count). The molecule has 38 heavy (non-hydrogen) atoms. The van der Waals surface area contributed by atoms with Crippen molar-refractivity contribution in [3.8, 4) is 0 Å². The Labute approximate surface area is 236 Å². The van der Waals surface area contributed by atoms with E-state index in [2.05, 4.69) is 4.90 Å². The minimum atomic E-state index is -0.333. The Bertz CT molecular complexity index is 1230. The van der Waals surface area contributed by atoms with E-state index in [0.29, 0.717) is 55.0 Å². The molecule has 1 aliphatic heterocycles. The van der Waals surface area contributed by atoms with Gasteiger partial charge in [-0.25, -0.2) is 4.39 Å². The fourth-order valence-electron chi connectivity index (χ4n) is 4.24. The summed E-state index contributed by atoms with van der Waals surface area (Å²) in [5.74, 6) is -0.851. The smallest absolute Gasteiger partial charge is 0.254 e. The maximum absolute atomic E-state index is 13.8. The maximum Gasteiger partial charge on any atom is 0.254 e. The van der Waals surface area contributed by atoms with Crippen molar-refractivity contribution < 1.29 is 18.7 Å². The Morgan fingerprint density at radius 1 is 1.00 bits per heavy atom. The molecule has 1 aliphatic rings. The molecule has 0 aliphatic carbocycles. The monoisotopic (exact) mass is 577 g/mol. The quantitative estimate of drug-likeness (QED) is 0.319. The third-order valence-corrected chi connectivity index (χ3v) is 7.90. The van der Waals surface area contributed by atoms with Gasteiger partial charge in [0.2, 0.25) is 5.91 Å². The number of aryl methyl sites for hydroxylation is 1. The Morgan fingerprint density at radius 2 is 1.68 bits per heavy atom. The van der Waals surface area contributed by atoms with Crippen LogP contribution in [0, 0.1) is 12.7 Å². The number of rotatable bonds is 10. The number of carbonyl (C=O) groups is 2. The molecule has 1 aromatic heterocycles. The van der Waals surface area contributed by atoms with Gasteiger partial charge in [-0.15, -0.1) is 11.3 Å². The third kappa shape index (κ3) is 8.01. The molecule has 0 N–H and O–H groups in total. The van der Waals surface area contributed by atoms with Crippen LogP contribution in [0.3, 0.4) is 0 Å². The van der Waals surface area contributed by atoms with E-state index < -0.39 is 0 Å². The van der Waals surface area contributed by atoms with Gasteiger partial charge < -0.3 is 14.5 Å². The number of halogens is 3. The van der Waals surface area contributed by atoms with Gasteiger partial charge in [-0.3, -0.25) is 14.5 Å². The lowest BCUT2D eigenvalue weighted by Gasteiger charge is -2.31. The van der Waals surface area contributed by atoms with Crippen LogP contribution in [0.2, 0.25) is 10.0 Å². The van der Waals surface area contributed by atoms with E-state index >= 15 is 0 Å². The second-order valence-corrected chi connectivity index (χ2v) is 11.1. The van der Waals surface area contributed by atoms with Crippen molar-refractivity contribution >= 4 is 46.4 Å². The molecule has 10 heteroatoms. The number of thiophene rings is 1. The summed E-state index contributed by atoms with van der Waals surface area (Å²) in [7, 11) is 0. The van der Waals surface area contributed by atoms with Gasteiger partial charge in [0.1, 0.15) is 12.4 Å². The fraction of sp³-hybridized carbons (Fsp3) is 0.357. The van der Waals surface area contributed by atoms with Crippen molar-refractivity contribution in [3.63, 3.8) is 0 Å². The Hall–Kier alpha value is -2.49. The van der Waals surface area contributed by atoms with Gasteiger partial charge in [0.15, 0.2) is 0 Å². The Kier molecular flexibility index (Phi) is 10.2. The molecular weight excluding hydrogens is 548 g/mol. The summed E-state index contributed by atoms with van der Waals surface area (Å²) >= 11 is 13.9. The molecule has 0 saturated carbocycles. The van der Waals surface area contributed by atoms with Crippen LogP contribution in [0.4, 0.5) is 4.39 Å². The molecule has 1 fully saturated rings. The highest BCUT2D eigenvalue weighted by Crippen LogP contribution is 2.22. The van der Waals surface area contributed by atoms with Crippen LogP contribution in [0.15, 0.2) is 53.9 Å². The van der Waals surface area contributed by atoms with E-state index in [9.17, 15) is 14.0 Å². The minimum absolute atomic E-state index is 0.112. The van der Waals surface area contributed by atoms with Crippen molar-refractivity contribution in [2.24, 2.45) is 0 Å². The first-order valence-corrected chi connectivity index (χ1v) is 14.0. The molecule has 3 aromatic rings. The van der Waals surface area contributed by atoms with E-state index in [-0.39, 0.29) is 24.2 Å². The lowest BCUT2D eigenvalue weighted by atomic mass is 10.1. The minimum Gasteiger partial charge on any atom is -0.379 e. The molecule has 6 nitrogen and oxygen atoms in total. The fourth-order valence-corrected chi connectivity index (χ4v) is 5.69. The summed E-state index contributed by atoms with van der Waals surface area (Å²) in [6.45, 7) is 6.38. The van der Waals surface area contributed by atoms with E-state index in [4.69, 9.17) is 27.9 Å². The van der Waals surface area contributed by atoms with Crippen LogP contribution in [0.5, 0.6) is 0 Å². The van der Waals surface area contributed by atoms with E-state index in [0.717, 1.165) is 29.1 Å². The standard InChI is InChI=1S/C28H30Cl2FN3O3S/c1-20-6-13-38-26(20)18-34(17-21-2-4-25(31)5-3-21)27(35)19-33(8-7-32-9-11-37-12-10-32)28(36)22-14-23(29)16-24(30)15-22/h2-6,13-16H,7-12,17-19H2,1H3. The molecule has 2 amide bonds. The van der Waals surface area contributed by atoms with Crippen molar-refractivity contribution in [3.05, 3.63) is 91.3 Å². The highest BCUT2D eigenvalue weighted by Gasteiger charge is 2.25. The van der Waals surface area contributed by atoms with Crippen molar-refractivity contribution in [2.45, 2.75) is 20.0 Å². The molecule has 1 saturated heterocycles. The average molecular weight is 579 g/mol. The predicted octanol–water partition coefficient (Wildman–Crippen LogP) is 5.51. The number of morpholine rings is 1. The van der Waals surface area contributed by atoms with E-state index in [1.807, 2.05) is 18.4 Å². The topological polar surface area (TPSA) is 53.1 Å². The summed E-state index contributed by atoms with van der Waals surface area (Å²) < 4.78 is 18.9. The Balaban J connectivity index is 1.56. The summed E-state index contributed by atoms with van der Waals surface area (Å²) in [4.78, 5) is 33.9. The van der Waals surface area contributed by atoms with Crippen molar-refractivity contribution in [1.29, 1.82) is 0 Å². The number of benzene rings is 2. The Morgan fingerprint density at radius 3 is 2.32 bits per heavy atom. The van der Waals surface area contributed by atoms with Crippen molar-refractivity contribution in [1.82, 2.24) is 14.7 Å². The van der Waals surface area contributed by atoms with Gasteiger partial charge in [-0.05, 0) is 59.8 Å². The van der Waals surface area contributed by atoms with Crippen LogP contribution in [0.25, 0.3) is 0 Å². The molecule has 0 bridgehead atoms. The van der Waals surface area contributed by atoms with Crippen LogP contribution in [-0.4, -0.2) is 72.5 Å². The van der Waals surface area contributed by atoms with Gasteiger partial charge in [0.05, 0.1) is 19.8 Å². The zero-order valence-corrected chi connectivity index (χ0v) is 23.5. The number of amides is 2. The van der Waals surface area contributed by atoms with Gasteiger partial charge in [0.25, 0.3) is 5.91 Å². The summed E-state index contributed by atoms with van der Waals surface area (Å²) in [5, 5.41) is 2.70. The molecule has 0 spiro atoms. The highest BCUT2D eigenvalue weighted by molar-refractivity contribution is 7.10. The van der Waals surface area contributed by atoms with Crippen LogP contribution >= 0.6 is 34.5 Å².